The van der Waals surface area contributed by atoms with Crippen LogP contribution in [-0.2, 0) is 0 Å². The van der Waals surface area contributed by atoms with Crippen LogP contribution >= 0.6 is 28.3 Å². The van der Waals surface area contributed by atoms with Crippen molar-refractivity contribution in [1.29, 1.82) is 0 Å². The summed E-state index contributed by atoms with van der Waals surface area (Å²) in [5, 5.41) is 0. The molecule has 4 N–H and O–H groups in total. The maximum atomic E-state index is 5.74. The second kappa shape index (κ2) is 5.54. The van der Waals surface area contributed by atoms with Crippen LogP contribution in [0.25, 0.3) is 0 Å². The standard InChI is InChI=1S/C8H11BrN2.ClH/c9-7-4-2-1-3-6(7)8(11)5-10;/h1-4,8H,5,10-11H2;1H/t8-;/m1./s1. The Hall–Kier alpha value is -0.0900. The highest BCUT2D eigenvalue weighted by atomic mass is 79.9. The zero-order valence-electron chi connectivity index (χ0n) is 6.53. The first-order chi connectivity index (χ1) is 5.25. The minimum Gasteiger partial charge on any atom is -0.329 e. The van der Waals surface area contributed by atoms with Crippen LogP contribution in [0.2, 0.25) is 0 Å². The van der Waals surface area contributed by atoms with Gasteiger partial charge in [0.05, 0.1) is 0 Å². The molecular weight excluding hydrogens is 239 g/mol. The molecule has 0 saturated heterocycles. The van der Waals surface area contributed by atoms with Gasteiger partial charge < -0.3 is 11.5 Å². The third-order valence-electron chi connectivity index (χ3n) is 1.56. The molecule has 1 aromatic rings. The largest absolute Gasteiger partial charge is 0.329 e. The summed E-state index contributed by atoms with van der Waals surface area (Å²) in [6.07, 6.45) is 0. The van der Waals surface area contributed by atoms with Gasteiger partial charge in [-0.3, -0.25) is 0 Å². The molecule has 1 rings (SSSR count). The van der Waals surface area contributed by atoms with Crippen molar-refractivity contribution < 1.29 is 0 Å². The van der Waals surface area contributed by atoms with Crippen molar-refractivity contribution >= 4 is 28.3 Å². The van der Waals surface area contributed by atoms with E-state index >= 15 is 0 Å². The summed E-state index contributed by atoms with van der Waals surface area (Å²) in [7, 11) is 0. The van der Waals surface area contributed by atoms with Crippen LogP contribution in [0.4, 0.5) is 0 Å². The summed E-state index contributed by atoms with van der Waals surface area (Å²) >= 11 is 3.40. The van der Waals surface area contributed by atoms with E-state index < -0.39 is 0 Å². The van der Waals surface area contributed by atoms with Gasteiger partial charge in [-0.05, 0) is 11.6 Å². The van der Waals surface area contributed by atoms with Crippen molar-refractivity contribution in [1.82, 2.24) is 0 Å². The van der Waals surface area contributed by atoms with Crippen LogP contribution in [0.3, 0.4) is 0 Å². The molecule has 1 atom stereocenters. The third-order valence-corrected chi connectivity index (χ3v) is 2.28. The van der Waals surface area contributed by atoms with E-state index in [9.17, 15) is 0 Å². The lowest BCUT2D eigenvalue weighted by Crippen LogP contribution is -2.20. The first kappa shape index (κ1) is 11.9. The van der Waals surface area contributed by atoms with E-state index in [1.165, 1.54) is 0 Å². The van der Waals surface area contributed by atoms with Gasteiger partial charge in [0, 0.05) is 17.1 Å². The summed E-state index contributed by atoms with van der Waals surface area (Å²) in [4.78, 5) is 0. The summed E-state index contributed by atoms with van der Waals surface area (Å²) in [5.74, 6) is 0. The Morgan fingerprint density at radius 2 is 1.92 bits per heavy atom. The molecule has 0 aromatic heterocycles. The average molecular weight is 252 g/mol. The van der Waals surface area contributed by atoms with E-state index in [0.29, 0.717) is 6.54 Å². The van der Waals surface area contributed by atoms with Gasteiger partial charge in [-0.25, -0.2) is 0 Å². The van der Waals surface area contributed by atoms with E-state index in [-0.39, 0.29) is 18.4 Å². The second-order valence-corrected chi connectivity index (χ2v) is 3.22. The number of hydrogen-bond donors (Lipinski definition) is 2. The first-order valence-corrected chi connectivity index (χ1v) is 4.25. The zero-order chi connectivity index (χ0) is 8.27. The molecule has 0 aliphatic heterocycles. The number of benzene rings is 1. The molecule has 12 heavy (non-hydrogen) atoms. The highest BCUT2D eigenvalue weighted by molar-refractivity contribution is 9.10. The fraction of sp³-hybridized carbons (Fsp3) is 0.250. The molecule has 0 aliphatic carbocycles. The molecule has 0 fully saturated rings. The minimum atomic E-state index is -0.0643. The van der Waals surface area contributed by atoms with Gasteiger partial charge in [-0.1, -0.05) is 34.1 Å². The molecule has 1 aromatic carbocycles. The zero-order valence-corrected chi connectivity index (χ0v) is 8.94. The van der Waals surface area contributed by atoms with E-state index in [2.05, 4.69) is 15.9 Å². The molecule has 4 heteroatoms. The molecule has 0 radical (unpaired) electrons. The van der Waals surface area contributed by atoms with Gasteiger partial charge in [0.15, 0.2) is 0 Å². The third kappa shape index (κ3) is 2.75. The normalized spacial score (nSPS) is 11.9. The Labute approximate surface area is 86.9 Å². The topological polar surface area (TPSA) is 52.0 Å². The van der Waals surface area contributed by atoms with Crippen molar-refractivity contribution in [3.8, 4) is 0 Å². The Kier molecular flexibility index (Phi) is 5.50. The van der Waals surface area contributed by atoms with Crippen LogP contribution in [0.15, 0.2) is 28.7 Å². The molecular formula is C8H12BrClN2. The van der Waals surface area contributed by atoms with Crippen molar-refractivity contribution in [2.75, 3.05) is 6.54 Å². The van der Waals surface area contributed by atoms with Gasteiger partial charge in [0.25, 0.3) is 0 Å². The van der Waals surface area contributed by atoms with Gasteiger partial charge in [-0.2, -0.15) is 0 Å². The van der Waals surface area contributed by atoms with Crippen molar-refractivity contribution in [3.63, 3.8) is 0 Å². The smallest absolute Gasteiger partial charge is 0.0430 e. The predicted molar refractivity (Wildman–Crippen MR) is 57.4 cm³/mol. The van der Waals surface area contributed by atoms with Gasteiger partial charge in [-0.15, -0.1) is 12.4 Å². The van der Waals surface area contributed by atoms with Crippen molar-refractivity contribution in [2.24, 2.45) is 11.5 Å². The summed E-state index contributed by atoms with van der Waals surface area (Å²) in [6.45, 7) is 0.475. The van der Waals surface area contributed by atoms with Crippen LogP contribution in [0.5, 0.6) is 0 Å². The lowest BCUT2D eigenvalue weighted by Gasteiger charge is -2.10. The van der Waals surface area contributed by atoms with E-state index in [0.717, 1.165) is 10.0 Å². The highest BCUT2D eigenvalue weighted by Gasteiger charge is 2.05. The minimum absolute atomic E-state index is 0. The molecule has 0 bridgehead atoms. The van der Waals surface area contributed by atoms with E-state index in [1.54, 1.807) is 0 Å². The Bertz CT molecular complexity index is 242. The van der Waals surface area contributed by atoms with Crippen molar-refractivity contribution in [2.45, 2.75) is 6.04 Å². The second-order valence-electron chi connectivity index (χ2n) is 2.36. The Morgan fingerprint density at radius 1 is 1.33 bits per heavy atom. The molecule has 0 heterocycles. The highest BCUT2D eigenvalue weighted by Crippen LogP contribution is 2.20. The molecule has 68 valence electrons. The first-order valence-electron chi connectivity index (χ1n) is 3.45. The molecule has 0 unspecified atom stereocenters. The van der Waals surface area contributed by atoms with Crippen LogP contribution in [0, 0.1) is 0 Å². The van der Waals surface area contributed by atoms with E-state index in [1.807, 2.05) is 24.3 Å². The van der Waals surface area contributed by atoms with Gasteiger partial charge >= 0.3 is 0 Å². The molecule has 0 spiro atoms. The summed E-state index contributed by atoms with van der Waals surface area (Å²) < 4.78 is 1.03. The quantitative estimate of drug-likeness (QED) is 0.842. The maximum Gasteiger partial charge on any atom is 0.0430 e. The summed E-state index contributed by atoms with van der Waals surface area (Å²) in [5.41, 5.74) is 12.2. The lowest BCUT2D eigenvalue weighted by molar-refractivity contribution is 0.733. The van der Waals surface area contributed by atoms with Crippen LogP contribution in [-0.4, -0.2) is 6.54 Å². The summed E-state index contributed by atoms with van der Waals surface area (Å²) in [6, 6.07) is 7.78. The van der Waals surface area contributed by atoms with Gasteiger partial charge in [0.2, 0.25) is 0 Å². The Balaban J connectivity index is 0.00000121. The fourth-order valence-electron chi connectivity index (χ4n) is 0.903. The predicted octanol–water partition coefficient (Wildman–Crippen LogP) is 1.83. The number of hydrogen-bond acceptors (Lipinski definition) is 2. The SMILES string of the molecule is Cl.NC[C@@H](N)c1ccccc1Br. The molecule has 0 saturated carbocycles. The monoisotopic (exact) mass is 250 g/mol. The van der Waals surface area contributed by atoms with Crippen LogP contribution < -0.4 is 11.5 Å². The van der Waals surface area contributed by atoms with E-state index in [4.69, 9.17) is 11.5 Å². The number of halogens is 2. The van der Waals surface area contributed by atoms with Crippen LogP contribution in [0.1, 0.15) is 11.6 Å². The van der Waals surface area contributed by atoms with Gasteiger partial charge in [0.1, 0.15) is 0 Å². The molecule has 0 aliphatic rings. The lowest BCUT2D eigenvalue weighted by atomic mass is 10.1. The number of nitrogens with two attached hydrogens (primary N) is 2. The maximum absolute atomic E-state index is 5.74. The fourth-order valence-corrected chi connectivity index (χ4v) is 1.48. The molecule has 0 amide bonds. The Morgan fingerprint density at radius 3 is 2.42 bits per heavy atom. The average Bonchev–Trinajstić information content (AvgIpc) is 2.04. The molecule has 2 nitrogen and oxygen atoms in total. The number of rotatable bonds is 2. The van der Waals surface area contributed by atoms with Crippen molar-refractivity contribution in [3.05, 3.63) is 34.3 Å².